The largest absolute Gasteiger partial charge is 0.316 e. The molecule has 13 rings (SSSR count). The summed E-state index contributed by atoms with van der Waals surface area (Å²) >= 11 is 0. The van der Waals surface area contributed by atoms with Gasteiger partial charge in [-0.25, -0.2) is 0 Å². The standard InChI is InChI=1S/C70H48N2/c1-4-16-49(17-5-1)53-35-41-59(42-36-53)72(61-45-39-56(40-46-61)63-23-11-10-22-62(63)55-18-6-2-7-19-55)60-43-37-54(38-44-60)51-29-27-50(28-30-51)52-31-33-57(34-32-52)66-48-68-70(65-25-13-12-24-64(65)66)69(58-20-8-3-9-21-58)67-26-14-15-47-71(67)68/h1-48H. The molecule has 0 aliphatic carbocycles. The van der Waals surface area contributed by atoms with Crippen LogP contribution in [0.15, 0.2) is 291 Å². The smallest absolute Gasteiger partial charge is 0.0547 e. The van der Waals surface area contributed by atoms with Crippen LogP contribution in [0, 0.1) is 0 Å². The van der Waals surface area contributed by atoms with E-state index in [-0.39, 0.29) is 0 Å². The Bertz CT molecular complexity index is 4010. The van der Waals surface area contributed by atoms with E-state index in [0.717, 1.165) is 17.1 Å². The minimum absolute atomic E-state index is 1.09. The van der Waals surface area contributed by atoms with Gasteiger partial charge in [-0.1, -0.05) is 231 Å². The van der Waals surface area contributed by atoms with Crippen LogP contribution < -0.4 is 4.90 Å². The number of aromatic nitrogens is 1. The molecule has 2 heteroatoms. The normalized spacial score (nSPS) is 11.3. The fourth-order valence-corrected chi connectivity index (χ4v) is 10.7. The maximum Gasteiger partial charge on any atom is 0.0547 e. The van der Waals surface area contributed by atoms with Crippen molar-refractivity contribution in [1.82, 2.24) is 4.40 Å². The van der Waals surface area contributed by atoms with Gasteiger partial charge in [0.05, 0.1) is 11.0 Å². The molecule has 11 aromatic carbocycles. The van der Waals surface area contributed by atoms with Gasteiger partial charge >= 0.3 is 0 Å². The van der Waals surface area contributed by atoms with E-state index < -0.39 is 0 Å². The van der Waals surface area contributed by atoms with E-state index in [4.69, 9.17) is 0 Å². The fourth-order valence-electron chi connectivity index (χ4n) is 10.7. The summed E-state index contributed by atoms with van der Waals surface area (Å²) in [5.41, 5.74) is 22.6. The molecule has 2 heterocycles. The highest BCUT2D eigenvalue weighted by Gasteiger charge is 2.20. The first-order valence-electron chi connectivity index (χ1n) is 24.7. The number of anilines is 3. The topological polar surface area (TPSA) is 7.65 Å². The zero-order valence-electron chi connectivity index (χ0n) is 39.6. The molecule has 2 aromatic heterocycles. The second-order valence-electron chi connectivity index (χ2n) is 18.5. The number of nitrogens with zero attached hydrogens (tertiary/aromatic N) is 2. The maximum atomic E-state index is 2.39. The Labute approximate surface area is 420 Å². The van der Waals surface area contributed by atoms with Gasteiger partial charge in [-0.2, -0.15) is 0 Å². The lowest BCUT2D eigenvalue weighted by Gasteiger charge is -2.26. The molecule has 0 fully saturated rings. The predicted octanol–water partition coefficient (Wildman–Crippen LogP) is 19.4. The van der Waals surface area contributed by atoms with Gasteiger partial charge in [0.25, 0.3) is 0 Å². The van der Waals surface area contributed by atoms with E-state index >= 15 is 0 Å². The molecule has 72 heavy (non-hydrogen) atoms. The summed E-state index contributed by atoms with van der Waals surface area (Å²) in [6, 6.07) is 103. The van der Waals surface area contributed by atoms with Crippen LogP contribution in [0.2, 0.25) is 0 Å². The molecule has 0 saturated heterocycles. The van der Waals surface area contributed by atoms with Crippen molar-refractivity contribution < 1.29 is 0 Å². The summed E-state index contributed by atoms with van der Waals surface area (Å²) < 4.78 is 2.35. The van der Waals surface area contributed by atoms with Crippen LogP contribution in [0.3, 0.4) is 0 Å². The molecule has 0 saturated carbocycles. The molecule has 0 atom stereocenters. The minimum atomic E-state index is 1.09. The average molecular weight is 917 g/mol. The van der Waals surface area contributed by atoms with Crippen LogP contribution in [-0.2, 0) is 0 Å². The van der Waals surface area contributed by atoms with Crippen LogP contribution in [-0.4, -0.2) is 4.40 Å². The summed E-state index contributed by atoms with van der Waals surface area (Å²) in [4.78, 5) is 2.35. The summed E-state index contributed by atoms with van der Waals surface area (Å²) in [6.07, 6.45) is 2.19. The Morgan fingerprint density at radius 1 is 0.236 bits per heavy atom. The molecule has 0 unspecified atom stereocenters. The van der Waals surface area contributed by atoms with Crippen molar-refractivity contribution >= 4 is 44.3 Å². The quantitative estimate of drug-likeness (QED) is 0.133. The lowest BCUT2D eigenvalue weighted by molar-refractivity contribution is 1.26. The third-order valence-corrected chi connectivity index (χ3v) is 14.3. The second kappa shape index (κ2) is 18.4. The van der Waals surface area contributed by atoms with E-state index in [9.17, 15) is 0 Å². The number of hydrogen-bond acceptors (Lipinski definition) is 1. The van der Waals surface area contributed by atoms with E-state index in [0.29, 0.717) is 0 Å². The second-order valence-corrected chi connectivity index (χ2v) is 18.5. The lowest BCUT2D eigenvalue weighted by Crippen LogP contribution is -2.09. The van der Waals surface area contributed by atoms with Crippen molar-refractivity contribution in [2.75, 3.05) is 4.90 Å². The first kappa shape index (κ1) is 42.6. The molecular weight excluding hydrogens is 869 g/mol. The van der Waals surface area contributed by atoms with Gasteiger partial charge in [-0.3, -0.25) is 0 Å². The van der Waals surface area contributed by atoms with Crippen LogP contribution >= 0.6 is 0 Å². The van der Waals surface area contributed by atoms with Crippen LogP contribution in [0.4, 0.5) is 17.1 Å². The van der Waals surface area contributed by atoms with Crippen molar-refractivity contribution in [2.45, 2.75) is 0 Å². The molecule has 0 radical (unpaired) electrons. The van der Waals surface area contributed by atoms with Gasteiger partial charge in [0, 0.05) is 34.2 Å². The van der Waals surface area contributed by atoms with Gasteiger partial charge in [0.1, 0.15) is 0 Å². The number of benzene rings is 11. The highest BCUT2D eigenvalue weighted by Crippen LogP contribution is 2.44. The zero-order chi connectivity index (χ0) is 47.8. The molecule has 0 spiro atoms. The molecular formula is C70H48N2. The van der Waals surface area contributed by atoms with Crippen LogP contribution in [0.25, 0.3) is 105 Å². The molecule has 0 aliphatic rings. The highest BCUT2D eigenvalue weighted by molar-refractivity contribution is 6.22. The van der Waals surface area contributed by atoms with E-state index in [1.54, 1.807) is 0 Å². The van der Waals surface area contributed by atoms with E-state index in [1.807, 2.05) is 0 Å². The molecule has 13 aromatic rings. The Kier molecular flexibility index (Phi) is 10.9. The maximum absolute atomic E-state index is 2.39. The van der Waals surface area contributed by atoms with Gasteiger partial charge in [-0.05, 0) is 138 Å². The number of fused-ring (bicyclic) bond motifs is 5. The number of hydrogen-bond donors (Lipinski definition) is 0. The highest BCUT2D eigenvalue weighted by atomic mass is 15.1. The summed E-state index contributed by atoms with van der Waals surface area (Å²) in [5.74, 6) is 0. The lowest BCUT2D eigenvalue weighted by atomic mass is 9.92. The van der Waals surface area contributed by atoms with Crippen molar-refractivity contribution in [3.63, 3.8) is 0 Å². The van der Waals surface area contributed by atoms with Gasteiger partial charge in [0.15, 0.2) is 0 Å². The van der Waals surface area contributed by atoms with Gasteiger partial charge in [-0.15, -0.1) is 0 Å². The van der Waals surface area contributed by atoms with Crippen molar-refractivity contribution in [3.8, 4) is 77.9 Å². The third kappa shape index (κ3) is 7.82. The van der Waals surface area contributed by atoms with Crippen LogP contribution in [0.1, 0.15) is 0 Å². The third-order valence-electron chi connectivity index (χ3n) is 14.3. The predicted molar refractivity (Wildman–Crippen MR) is 305 cm³/mol. The summed E-state index contributed by atoms with van der Waals surface area (Å²) in [7, 11) is 0. The Balaban J connectivity index is 0.796. The SMILES string of the molecule is c1ccc(-c2ccc(N(c3ccc(-c4ccc(-c5ccc(-c6cc7c(c(-c8ccccc8)c8ccccn87)c7ccccc67)cc5)cc4)cc3)c3ccc(-c4ccccc4-c4ccccc4)cc3)cc2)cc1. The number of rotatable bonds is 10. The Morgan fingerprint density at radius 2 is 0.583 bits per heavy atom. The van der Waals surface area contributed by atoms with Crippen molar-refractivity contribution in [2.24, 2.45) is 0 Å². The minimum Gasteiger partial charge on any atom is -0.316 e. The molecule has 2 nitrogen and oxygen atoms in total. The molecule has 0 bridgehead atoms. The molecule has 0 amide bonds. The Morgan fingerprint density at radius 3 is 1.10 bits per heavy atom. The van der Waals surface area contributed by atoms with Crippen LogP contribution in [0.5, 0.6) is 0 Å². The zero-order valence-corrected chi connectivity index (χ0v) is 39.6. The summed E-state index contributed by atoms with van der Waals surface area (Å²) in [5, 5.41) is 3.81. The first-order valence-corrected chi connectivity index (χ1v) is 24.7. The molecule has 0 aliphatic heterocycles. The van der Waals surface area contributed by atoms with Crippen molar-refractivity contribution in [1.29, 1.82) is 0 Å². The average Bonchev–Trinajstić information content (AvgIpc) is 3.81. The van der Waals surface area contributed by atoms with E-state index in [2.05, 4.69) is 301 Å². The Hall–Kier alpha value is -9.50. The van der Waals surface area contributed by atoms with Crippen molar-refractivity contribution in [3.05, 3.63) is 291 Å². The monoisotopic (exact) mass is 916 g/mol. The van der Waals surface area contributed by atoms with E-state index in [1.165, 1.54) is 105 Å². The first-order chi connectivity index (χ1) is 35.7. The van der Waals surface area contributed by atoms with Gasteiger partial charge < -0.3 is 9.30 Å². The summed E-state index contributed by atoms with van der Waals surface area (Å²) in [6.45, 7) is 0. The molecule has 0 N–H and O–H groups in total. The number of pyridine rings is 1. The molecule has 338 valence electrons. The fraction of sp³-hybridized carbons (Fsp3) is 0. The van der Waals surface area contributed by atoms with Gasteiger partial charge in [0.2, 0.25) is 0 Å².